The molecular formula is C5H12N2OS3. The highest BCUT2D eigenvalue weighted by Gasteiger charge is 1.84. The van der Waals surface area contributed by atoms with Gasteiger partial charge in [0, 0.05) is 0 Å². The fourth-order valence-electron chi connectivity index (χ4n) is 0.203. The van der Waals surface area contributed by atoms with Gasteiger partial charge in [0.25, 0.3) is 5.24 Å². The zero-order valence-corrected chi connectivity index (χ0v) is 8.77. The average molecular weight is 212 g/mol. The van der Waals surface area contributed by atoms with E-state index in [0.717, 1.165) is 12.2 Å². The predicted molar refractivity (Wildman–Crippen MR) is 58.1 cm³/mol. The normalized spacial score (nSPS) is 7.82. The Morgan fingerprint density at radius 1 is 1.64 bits per heavy atom. The molecule has 11 heavy (non-hydrogen) atoms. The minimum absolute atomic E-state index is 0.557. The van der Waals surface area contributed by atoms with E-state index in [1.807, 2.05) is 0 Å². The topological polar surface area (TPSA) is 69.1 Å². The Balaban J connectivity index is 0. The summed E-state index contributed by atoms with van der Waals surface area (Å²) in [4.78, 5) is 9.09. The third kappa shape index (κ3) is 39.6. The second kappa shape index (κ2) is 10.1. The van der Waals surface area contributed by atoms with E-state index in [9.17, 15) is 0 Å². The van der Waals surface area contributed by atoms with Gasteiger partial charge in [-0.1, -0.05) is 43.5 Å². The van der Waals surface area contributed by atoms with Crippen LogP contribution in [0, 0.1) is 0 Å². The van der Waals surface area contributed by atoms with E-state index in [1.54, 1.807) is 11.8 Å². The van der Waals surface area contributed by atoms with E-state index in [-0.39, 0.29) is 0 Å². The van der Waals surface area contributed by atoms with Crippen molar-refractivity contribution >= 4 is 46.2 Å². The van der Waals surface area contributed by atoms with Crippen molar-refractivity contribution < 1.29 is 4.79 Å². The van der Waals surface area contributed by atoms with E-state index < -0.39 is 5.24 Å². The molecule has 0 fully saturated rings. The van der Waals surface area contributed by atoms with Gasteiger partial charge in [-0.2, -0.15) is 0 Å². The Morgan fingerprint density at radius 2 is 2.00 bits per heavy atom. The van der Waals surface area contributed by atoms with Crippen molar-refractivity contribution in [1.82, 2.24) is 0 Å². The summed E-state index contributed by atoms with van der Waals surface area (Å²) in [7, 11) is 0. The standard InChI is InChI=1S/C4H9NS2.CH3NOS/c1-2-3-7-4(5)6;2-1(3)4/h2-3H2,1H3,(H2,5,6);(H3,2,3,4). The van der Waals surface area contributed by atoms with E-state index in [0.29, 0.717) is 4.32 Å². The number of primary amides is 1. The molecule has 0 aromatic carbocycles. The molecule has 0 saturated heterocycles. The molecule has 0 atom stereocenters. The molecule has 0 bridgehead atoms. The highest BCUT2D eigenvalue weighted by Crippen LogP contribution is 1.99. The maximum absolute atomic E-state index is 9.09. The highest BCUT2D eigenvalue weighted by atomic mass is 32.2. The molecule has 0 unspecified atom stereocenters. The van der Waals surface area contributed by atoms with Gasteiger partial charge in [-0.15, -0.1) is 0 Å². The molecule has 0 aliphatic heterocycles. The fourth-order valence-corrected chi connectivity index (χ4v) is 0.858. The minimum atomic E-state index is -0.639. The van der Waals surface area contributed by atoms with Crippen LogP contribution in [-0.4, -0.2) is 15.3 Å². The third-order valence-corrected chi connectivity index (χ3v) is 1.70. The van der Waals surface area contributed by atoms with Crippen molar-refractivity contribution in [3.8, 4) is 0 Å². The van der Waals surface area contributed by atoms with Gasteiger partial charge >= 0.3 is 0 Å². The lowest BCUT2D eigenvalue weighted by Gasteiger charge is -1.90. The molecule has 0 aliphatic rings. The minimum Gasteiger partial charge on any atom is -0.385 e. The zero-order valence-electron chi connectivity index (χ0n) is 6.24. The number of carbonyl (C=O) groups is 1. The summed E-state index contributed by atoms with van der Waals surface area (Å²) in [6, 6.07) is 0. The first-order chi connectivity index (χ1) is 5.00. The molecule has 66 valence electrons. The maximum Gasteiger partial charge on any atom is 0.273 e. The van der Waals surface area contributed by atoms with Crippen LogP contribution >= 0.6 is 36.6 Å². The molecule has 3 nitrogen and oxygen atoms in total. The van der Waals surface area contributed by atoms with Crippen molar-refractivity contribution in [1.29, 1.82) is 0 Å². The first-order valence-corrected chi connectivity index (χ1v) is 4.75. The number of carbonyl (C=O) groups excluding carboxylic acids is 1. The number of nitrogens with two attached hydrogens (primary N) is 2. The van der Waals surface area contributed by atoms with Crippen LogP contribution in [0.4, 0.5) is 4.79 Å². The van der Waals surface area contributed by atoms with Crippen LogP contribution in [0.5, 0.6) is 0 Å². The number of thioether (sulfide) groups is 1. The first-order valence-electron chi connectivity index (χ1n) is 2.91. The summed E-state index contributed by atoms with van der Waals surface area (Å²) >= 11 is 9.25. The van der Waals surface area contributed by atoms with Crippen LogP contribution in [0.2, 0.25) is 0 Å². The smallest absolute Gasteiger partial charge is 0.273 e. The largest absolute Gasteiger partial charge is 0.385 e. The molecule has 0 aromatic heterocycles. The van der Waals surface area contributed by atoms with Gasteiger partial charge < -0.3 is 11.5 Å². The van der Waals surface area contributed by atoms with E-state index in [1.165, 1.54) is 0 Å². The SMILES string of the molecule is CCCSC(N)=S.NC(=O)S. The van der Waals surface area contributed by atoms with Crippen LogP contribution < -0.4 is 11.5 Å². The summed E-state index contributed by atoms with van der Waals surface area (Å²) in [5.41, 5.74) is 9.51. The highest BCUT2D eigenvalue weighted by molar-refractivity contribution is 8.22. The Labute approximate surface area is 81.7 Å². The average Bonchev–Trinajstić information content (AvgIpc) is 1.82. The first kappa shape index (κ1) is 13.6. The summed E-state index contributed by atoms with van der Waals surface area (Å²) in [5, 5.41) is -0.639. The molecule has 0 aliphatic carbocycles. The predicted octanol–water partition coefficient (Wildman–Crippen LogP) is 1.37. The molecule has 0 saturated carbocycles. The third-order valence-electron chi connectivity index (χ3n) is 0.448. The van der Waals surface area contributed by atoms with Crippen molar-refractivity contribution in [3.05, 3.63) is 0 Å². The Kier molecular flexibility index (Phi) is 12.5. The summed E-state index contributed by atoms with van der Waals surface area (Å²) in [6.45, 7) is 2.10. The lowest BCUT2D eigenvalue weighted by molar-refractivity contribution is 0.267. The van der Waals surface area contributed by atoms with E-state index in [2.05, 4.69) is 37.5 Å². The Bertz CT molecular complexity index is 125. The summed E-state index contributed by atoms with van der Waals surface area (Å²) in [6.07, 6.45) is 1.14. The molecule has 0 heterocycles. The van der Waals surface area contributed by atoms with Gasteiger partial charge in [-0.25, -0.2) is 0 Å². The maximum atomic E-state index is 9.09. The van der Waals surface area contributed by atoms with Crippen LogP contribution in [0.3, 0.4) is 0 Å². The number of amides is 1. The van der Waals surface area contributed by atoms with Gasteiger partial charge in [0.1, 0.15) is 4.32 Å². The van der Waals surface area contributed by atoms with Crippen LogP contribution in [0.15, 0.2) is 0 Å². The quantitative estimate of drug-likeness (QED) is 0.477. The molecule has 0 aromatic rings. The van der Waals surface area contributed by atoms with Crippen LogP contribution in [0.1, 0.15) is 13.3 Å². The lowest BCUT2D eigenvalue weighted by Crippen LogP contribution is -2.01. The number of hydrogen-bond acceptors (Lipinski definition) is 3. The van der Waals surface area contributed by atoms with Crippen molar-refractivity contribution in [2.45, 2.75) is 13.3 Å². The number of rotatable bonds is 2. The number of thiol groups is 1. The lowest BCUT2D eigenvalue weighted by atomic mass is 10.6. The Morgan fingerprint density at radius 3 is 2.09 bits per heavy atom. The fraction of sp³-hybridized carbons (Fsp3) is 0.600. The van der Waals surface area contributed by atoms with Gasteiger partial charge in [0.15, 0.2) is 0 Å². The van der Waals surface area contributed by atoms with Gasteiger partial charge in [0.2, 0.25) is 0 Å². The van der Waals surface area contributed by atoms with Crippen molar-refractivity contribution in [2.75, 3.05) is 5.75 Å². The van der Waals surface area contributed by atoms with Crippen molar-refractivity contribution in [3.63, 3.8) is 0 Å². The number of thiocarbonyl (C=S) groups is 1. The Hall–Kier alpha value is 0.0600. The molecule has 0 rings (SSSR count). The zero-order chi connectivity index (χ0) is 9.28. The molecule has 1 amide bonds. The number of hydrogen-bond donors (Lipinski definition) is 3. The second-order valence-electron chi connectivity index (χ2n) is 1.51. The summed E-state index contributed by atoms with van der Waals surface area (Å²) in [5.74, 6) is 1.05. The molecule has 0 radical (unpaired) electrons. The second-order valence-corrected chi connectivity index (χ2v) is 3.78. The van der Waals surface area contributed by atoms with Crippen molar-refractivity contribution in [2.24, 2.45) is 11.5 Å². The van der Waals surface area contributed by atoms with Crippen LogP contribution in [0.25, 0.3) is 0 Å². The molecule has 6 heteroatoms. The molecule has 0 spiro atoms. The molecule has 4 N–H and O–H groups in total. The van der Waals surface area contributed by atoms with E-state index >= 15 is 0 Å². The monoisotopic (exact) mass is 212 g/mol. The van der Waals surface area contributed by atoms with Gasteiger partial charge in [-0.3, -0.25) is 4.79 Å². The van der Waals surface area contributed by atoms with Gasteiger partial charge in [-0.05, 0) is 12.2 Å². The van der Waals surface area contributed by atoms with Gasteiger partial charge in [0.05, 0.1) is 0 Å². The summed E-state index contributed by atoms with van der Waals surface area (Å²) < 4.78 is 0.557. The molecular weight excluding hydrogens is 200 g/mol. The van der Waals surface area contributed by atoms with E-state index in [4.69, 9.17) is 10.5 Å². The van der Waals surface area contributed by atoms with Crippen LogP contribution in [-0.2, 0) is 0 Å².